The molecule has 12 nitrogen and oxygen atoms in total. The number of thioether (sulfide) groups is 1. The number of hydrogen-bond donors (Lipinski definition) is 2. The molecule has 14 heteroatoms. The molecular weight excluding hydrogens is 450 g/mol. The summed E-state index contributed by atoms with van der Waals surface area (Å²) in [7, 11) is 0. The Hall–Kier alpha value is -3.00. The van der Waals surface area contributed by atoms with E-state index >= 15 is 0 Å². The zero-order valence-corrected chi connectivity index (χ0v) is 18.4. The number of fused-ring (bicyclic) bond motifs is 1. The Labute approximate surface area is 184 Å². The molecule has 166 valence electrons. The standard InChI is InChI=1S/C17H19N5O7S2/c1-17(2,3)29-9(23)6-28-20-10(12-18-7-31-21-12)13(24)19-11-14(25)22-8(16(26)27)4-5-30-15(11)22/h4,7,11,15H,5-6H2,1-3H3,(H,19,24)(H,26,27)/b20-10+. The van der Waals surface area contributed by atoms with E-state index in [-0.39, 0.29) is 17.2 Å². The zero-order chi connectivity index (χ0) is 22.8. The van der Waals surface area contributed by atoms with Gasteiger partial charge in [-0.1, -0.05) is 5.16 Å². The number of carbonyl (C=O) groups excluding carboxylic acids is 3. The lowest BCUT2D eigenvalue weighted by Gasteiger charge is -2.48. The van der Waals surface area contributed by atoms with E-state index in [1.807, 2.05) is 0 Å². The highest BCUT2D eigenvalue weighted by Gasteiger charge is 2.53. The van der Waals surface area contributed by atoms with E-state index in [1.165, 1.54) is 23.3 Å². The van der Waals surface area contributed by atoms with E-state index in [0.29, 0.717) is 5.75 Å². The maximum absolute atomic E-state index is 12.8. The number of aliphatic carboxylic acids is 1. The average Bonchev–Trinajstić information content (AvgIpc) is 3.21. The van der Waals surface area contributed by atoms with Crippen LogP contribution in [0, 0.1) is 0 Å². The number of nitrogens with zero attached hydrogens (tertiary/aromatic N) is 4. The topological polar surface area (TPSA) is 160 Å². The molecule has 2 amide bonds. The van der Waals surface area contributed by atoms with Gasteiger partial charge in [-0.25, -0.2) is 14.6 Å². The van der Waals surface area contributed by atoms with Crippen molar-refractivity contribution in [2.24, 2.45) is 5.16 Å². The van der Waals surface area contributed by atoms with Gasteiger partial charge < -0.3 is 20.0 Å². The molecule has 0 aromatic carbocycles. The third kappa shape index (κ3) is 5.19. The Morgan fingerprint density at radius 3 is 2.74 bits per heavy atom. The number of carboxylic acid groups (broad SMARTS) is 1. The number of oxime groups is 1. The van der Waals surface area contributed by atoms with Crippen LogP contribution in [0.2, 0.25) is 0 Å². The van der Waals surface area contributed by atoms with Gasteiger partial charge in [0.1, 0.15) is 28.2 Å². The minimum Gasteiger partial charge on any atom is -0.477 e. The van der Waals surface area contributed by atoms with Crippen LogP contribution in [0.5, 0.6) is 0 Å². The molecule has 2 aliphatic rings. The fourth-order valence-corrected chi connectivity index (χ4v) is 4.35. The van der Waals surface area contributed by atoms with Crippen molar-refractivity contribution < 1.29 is 33.9 Å². The van der Waals surface area contributed by atoms with Crippen molar-refractivity contribution in [3.05, 3.63) is 23.1 Å². The molecule has 2 unspecified atom stereocenters. The maximum Gasteiger partial charge on any atom is 0.352 e. The number of carboxylic acids is 1. The van der Waals surface area contributed by atoms with Crippen LogP contribution in [0.4, 0.5) is 0 Å². The molecule has 0 radical (unpaired) electrons. The average molecular weight is 470 g/mol. The predicted molar refractivity (Wildman–Crippen MR) is 109 cm³/mol. The second-order valence-electron chi connectivity index (χ2n) is 7.33. The summed E-state index contributed by atoms with van der Waals surface area (Å²) in [4.78, 5) is 58.2. The molecule has 31 heavy (non-hydrogen) atoms. The van der Waals surface area contributed by atoms with Crippen molar-refractivity contribution in [2.75, 3.05) is 12.4 Å². The van der Waals surface area contributed by atoms with E-state index in [0.717, 1.165) is 16.4 Å². The minimum atomic E-state index is -1.21. The summed E-state index contributed by atoms with van der Waals surface area (Å²) in [5.41, 5.74) is 0.224. The first-order valence-electron chi connectivity index (χ1n) is 8.96. The van der Waals surface area contributed by atoms with Crippen LogP contribution < -0.4 is 5.32 Å². The lowest BCUT2D eigenvalue weighted by Crippen LogP contribution is -2.70. The Bertz CT molecular complexity index is 955. The first kappa shape index (κ1) is 22.7. The summed E-state index contributed by atoms with van der Waals surface area (Å²) in [5.74, 6) is -2.91. The van der Waals surface area contributed by atoms with Crippen LogP contribution in [0.3, 0.4) is 0 Å². The van der Waals surface area contributed by atoms with Gasteiger partial charge in [0.05, 0.1) is 0 Å². The molecule has 0 spiro atoms. The van der Waals surface area contributed by atoms with Gasteiger partial charge in [0.15, 0.2) is 0 Å². The Balaban J connectivity index is 1.68. The SMILES string of the molecule is CC(C)(C)OC(=O)CO/N=C(/C(=O)NC1C(=O)N2C(C(=O)O)=CCSC12)c1ncsn1. The third-order valence-electron chi connectivity index (χ3n) is 3.90. The van der Waals surface area contributed by atoms with Crippen LogP contribution in [0.15, 0.2) is 22.4 Å². The quantitative estimate of drug-likeness (QED) is 0.240. The molecule has 2 N–H and O–H groups in total. The zero-order valence-electron chi connectivity index (χ0n) is 16.7. The number of amides is 2. The minimum absolute atomic E-state index is 0.0438. The molecule has 2 atom stereocenters. The van der Waals surface area contributed by atoms with Crippen LogP contribution in [0.1, 0.15) is 26.6 Å². The van der Waals surface area contributed by atoms with E-state index in [9.17, 15) is 24.3 Å². The first-order valence-corrected chi connectivity index (χ1v) is 10.8. The number of esters is 1. The van der Waals surface area contributed by atoms with Gasteiger partial charge in [0.25, 0.3) is 11.8 Å². The number of β-lactam (4-membered cyclic amide) rings is 1. The summed E-state index contributed by atoms with van der Waals surface area (Å²) >= 11 is 2.29. The van der Waals surface area contributed by atoms with Crippen molar-refractivity contribution in [1.29, 1.82) is 0 Å². The Kier molecular flexibility index (Phi) is 6.59. The van der Waals surface area contributed by atoms with Gasteiger partial charge in [-0.3, -0.25) is 14.5 Å². The number of aromatic nitrogens is 2. The second kappa shape index (κ2) is 9.01. The fraction of sp³-hybridized carbons (Fsp3) is 0.471. The molecule has 1 aromatic heterocycles. The van der Waals surface area contributed by atoms with Crippen molar-refractivity contribution in [1.82, 2.24) is 19.6 Å². The third-order valence-corrected chi connectivity index (χ3v) is 5.56. The number of carbonyl (C=O) groups is 4. The number of ether oxygens (including phenoxy) is 1. The smallest absolute Gasteiger partial charge is 0.352 e. The number of rotatable bonds is 7. The first-order chi connectivity index (χ1) is 14.6. The Morgan fingerprint density at radius 2 is 2.13 bits per heavy atom. The van der Waals surface area contributed by atoms with Gasteiger partial charge in [-0.05, 0) is 38.4 Å². The van der Waals surface area contributed by atoms with Crippen LogP contribution in [0.25, 0.3) is 0 Å². The summed E-state index contributed by atoms with van der Waals surface area (Å²) in [5, 5.41) is 14.9. The number of hydrogen-bond acceptors (Lipinski definition) is 11. The second-order valence-corrected chi connectivity index (χ2v) is 9.09. The fourth-order valence-electron chi connectivity index (χ4n) is 2.73. The predicted octanol–water partition coefficient (Wildman–Crippen LogP) is -0.0311. The van der Waals surface area contributed by atoms with E-state index in [4.69, 9.17) is 9.57 Å². The largest absolute Gasteiger partial charge is 0.477 e. The molecule has 3 rings (SSSR count). The highest BCUT2D eigenvalue weighted by atomic mass is 32.2. The molecule has 3 heterocycles. The highest BCUT2D eigenvalue weighted by molar-refractivity contribution is 8.00. The summed E-state index contributed by atoms with van der Waals surface area (Å²) < 4.78 is 9.03. The molecule has 2 aliphatic heterocycles. The van der Waals surface area contributed by atoms with Crippen molar-refractivity contribution >= 4 is 52.8 Å². The van der Waals surface area contributed by atoms with Crippen LogP contribution in [-0.4, -0.2) is 78.2 Å². The molecule has 0 bridgehead atoms. The van der Waals surface area contributed by atoms with E-state index in [2.05, 4.69) is 19.8 Å². The van der Waals surface area contributed by atoms with Crippen molar-refractivity contribution in [3.8, 4) is 0 Å². The van der Waals surface area contributed by atoms with E-state index in [1.54, 1.807) is 20.8 Å². The lowest BCUT2D eigenvalue weighted by atomic mass is 10.0. The maximum atomic E-state index is 12.8. The molecule has 1 saturated heterocycles. The molecule has 1 fully saturated rings. The van der Waals surface area contributed by atoms with E-state index < -0.39 is 47.4 Å². The van der Waals surface area contributed by atoms with Crippen molar-refractivity contribution in [2.45, 2.75) is 37.8 Å². The molecule has 0 saturated carbocycles. The van der Waals surface area contributed by atoms with Gasteiger partial charge in [0.2, 0.25) is 18.1 Å². The van der Waals surface area contributed by atoms with Gasteiger partial charge in [-0.2, -0.15) is 4.37 Å². The molecule has 0 aliphatic carbocycles. The van der Waals surface area contributed by atoms with Gasteiger partial charge in [0, 0.05) is 5.75 Å². The van der Waals surface area contributed by atoms with Crippen LogP contribution in [-0.2, 0) is 28.8 Å². The molecule has 1 aromatic rings. The summed E-state index contributed by atoms with van der Waals surface area (Å²) in [6.07, 6.45) is 1.44. The summed E-state index contributed by atoms with van der Waals surface area (Å²) in [6.45, 7) is 4.54. The number of nitrogens with one attached hydrogen (secondary N) is 1. The normalized spacial score (nSPS) is 20.9. The highest BCUT2D eigenvalue weighted by Crippen LogP contribution is 2.37. The lowest BCUT2D eigenvalue weighted by molar-refractivity contribution is -0.160. The van der Waals surface area contributed by atoms with Gasteiger partial charge >= 0.3 is 11.9 Å². The van der Waals surface area contributed by atoms with Crippen molar-refractivity contribution in [3.63, 3.8) is 0 Å². The van der Waals surface area contributed by atoms with Gasteiger partial charge in [-0.15, -0.1) is 11.8 Å². The Morgan fingerprint density at radius 1 is 1.39 bits per heavy atom. The molecular formula is C17H19N5O7S2. The van der Waals surface area contributed by atoms with Crippen LogP contribution >= 0.6 is 23.3 Å². The summed E-state index contributed by atoms with van der Waals surface area (Å²) in [6, 6.07) is -0.949. The monoisotopic (exact) mass is 469 g/mol.